The molecule has 0 spiro atoms. The van der Waals surface area contributed by atoms with Crippen LogP contribution in [-0.2, 0) is 6.42 Å². The number of hydrogen-bond acceptors (Lipinski definition) is 2. The summed E-state index contributed by atoms with van der Waals surface area (Å²) in [7, 11) is 1.62. The molecule has 1 N–H and O–H groups in total. The van der Waals surface area contributed by atoms with Gasteiger partial charge in [0.15, 0.2) is 0 Å². The van der Waals surface area contributed by atoms with Crippen molar-refractivity contribution in [2.45, 2.75) is 19.4 Å². The zero-order valence-corrected chi connectivity index (χ0v) is 12.2. The molecule has 20 heavy (non-hydrogen) atoms. The molecule has 0 amide bonds. The van der Waals surface area contributed by atoms with Gasteiger partial charge < -0.3 is 10.1 Å². The van der Waals surface area contributed by atoms with Crippen molar-refractivity contribution in [1.82, 2.24) is 0 Å². The third-order valence-electron chi connectivity index (χ3n) is 3.02. The van der Waals surface area contributed by atoms with Gasteiger partial charge in [0.05, 0.1) is 12.8 Å². The Bertz CT molecular complexity index is 571. The minimum Gasteiger partial charge on any atom is -0.495 e. The Kier molecular flexibility index (Phi) is 4.85. The van der Waals surface area contributed by atoms with Crippen LogP contribution in [-0.4, -0.2) is 13.2 Å². The summed E-state index contributed by atoms with van der Waals surface area (Å²) in [5, 5.41) is 4.02. The van der Waals surface area contributed by atoms with E-state index in [1.807, 2.05) is 12.1 Å². The lowest BCUT2D eigenvalue weighted by Crippen LogP contribution is -2.18. The van der Waals surface area contributed by atoms with Crippen LogP contribution in [0.5, 0.6) is 5.75 Å². The van der Waals surface area contributed by atoms with E-state index in [4.69, 9.17) is 16.3 Å². The van der Waals surface area contributed by atoms with E-state index in [2.05, 4.69) is 12.2 Å². The quantitative estimate of drug-likeness (QED) is 0.874. The standard InChI is InChI=1S/C16H17ClFNO/c1-11(9-12-3-6-14(18)7-4-12)19-15-10-13(17)5-8-16(15)20-2/h3-8,10-11,19H,9H2,1-2H3. The van der Waals surface area contributed by atoms with Crippen LogP contribution in [0.25, 0.3) is 0 Å². The zero-order chi connectivity index (χ0) is 14.5. The average Bonchev–Trinajstić information content (AvgIpc) is 2.41. The van der Waals surface area contributed by atoms with Crippen molar-refractivity contribution in [3.05, 3.63) is 58.9 Å². The van der Waals surface area contributed by atoms with Crippen LogP contribution in [0.3, 0.4) is 0 Å². The van der Waals surface area contributed by atoms with Crippen LogP contribution in [0.1, 0.15) is 12.5 Å². The number of halogens is 2. The third kappa shape index (κ3) is 3.87. The summed E-state index contributed by atoms with van der Waals surface area (Å²) in [4.78, 5) is 0. The van der Waals surface area contributed by atoms with Gasteiger partial charge in [-0.3, -0.25) is 0 Å². The van der Waals surface area contributed by atoms with Gasteiger partial charge in [-0.15, -0.1) is 0 Å². The summed E-state index contributed by atoms with van der Waals surface area (Å²) in [5.74, 6) is 0.534. The van der Waals surface area contributed by atoms with Gasteiger partial charge in [-0.05, 0) is 49.2 Å². The highest BCUT2D eigenvalue weighted by Gasteiger charge is 2.08. The molecule has 0 radical (unpaired) electrons. The fraction of sp³-hybridized carbons (Fsp3) is 0.250. The summed E-state index contributed by atoms with van der Waals surface area (Å²) in [6.07, 6.45) is 0.788. The van der Waals surface area contributed by atoms with Gasteiger partial charge in [-0.1, -0.05) is 23.7 Å². The average molecular weight is 294 g/mol. The SMILES string of the molecule is COc1ccc(Cl)cc1NC(C)Cc1ccc(F)cc1. The van der Waals surface area contributed by atoms with Gasteiger partial charge >= 0.3 is 0 Å². The normalized spacial score (nSPS) is 12.0. The maximum Gasteiger partial charge on any atom is 0.142 e. The molecule has 0 bridgehead atoms. The molecule has 0 aliphatic carbocycles. The van der Waals surface area contributed by atoms with E-state index >= 15 is 0 Å². The van der Waals surface area contributed by atoms with Crippen molar-refractivity contribution in [3.8, 4) is 5.75 Å². The second-order valence-electron chi connectivity index (χ2n) is 4.72. The highest BCUT2D eigenvalue weighted by Crippen LogP contribution is 2.28. The van der Waals surface area contributed by atoms with Gasteiger partial charge in [-0.2, -0.15) is 0 Å². The van der Waals surface area contributed by atoms with Gasteiger partial charge in [0.2, 0.25) is 0 Å². The molecule has 0 fully saturated rings. The molecule has 1 atom stereocenters. The second-order valence-corrected chi connectivity index (χ2v) is 5.16. The smallest absolute Gasteiger partial charge is 0.142 e. The first kappa shape index (κ1) is 14.7. The lowest BCUT2D eigenvalue weighted by Gasteiger charge is -2.18. The minimum absolute atomic E-state index is 0.174. The molecule has 0 heterocycles. The van der Waals surface area contributed by atoms with Crippen molar-refractivity contribution in [3.63, 3.8) is 0 Å². The first-order valence-corrected chi connectivity index (χ1v) is 6.81. The topological polar surface area (TPSA) is 21.3 Å². The highest BCUT2D eigenvalue weighted by molar-refractivity contribution is 6.30. The fourth-order valence-electron chi connectivity index (χ4n) is 2.08. The van der Waals surface area contributed by atoms with E-state index in [0.29, 0.717) is 5.02 Å². The minimum atomic E-state index is -0.217. The Morgan fingerprint density at radius 1 is 1.20 bits per heavy atom. The molecular weight excluding hydrogens is 277 g/mol. The molecule has 1 unspecified atom stereocenters. The maximum atomic E-state index is 12.9. The van der Waals surface area contributed by atoms with Crippen molar-refractivity contribution >= 4 is 17.3 Å². The van der Waals surface area contributed by atoms with E-state index in [1.165, 1.54) is 12.1 Å². The van der Waals surface area contributed by atoms with E-state index in [0.717, 1.165) is 23.4 Å². The van der Waals surface area contributed by atoms with Crippen LogP contribution in [0.15, 0.2) is 42.5 Å². The van der Waals surface area contributed by atoms with Crippen LogP contribution in [0.4, 0.5) is 10.1 Å². The predicted octanol–water partition coefficient (Wildman–Crippen LogP) is 4.53. The molecule has 0 saturated heterocycles. The predicted molar refractivity (Wildman–Crippen MR) is 81.2 cm³/mol. The Labute approximate surface area is 123 Å². The molecule has 2 rings (SSSR count). The second kappa shape index (κ2) is 6.62. The number of benzene rings is 2. The number of methoxy groups -OCH3 is 1. The molecule has 0 aliphatic heterocycles. The molecule has 0 saturated carbocycles. The van der Waals surface area contributed by atoms with Gasteiger partial charge in [0.1, 0.15) is 11.6 Å². The van der Waals surface area contributed by atoms with E-state index < -0.39 is 0 Å². The number of nitrogens with one attached hydrogen (secondary N) is 1. The van der Waals surface area contributed by atoms with Crippen molar-refractivity contribution in [1.29, 1.82) is 0 Å². The summed E-state index contributed by atoms with van der Waals surface area (Å²) < 4.78 is 18.2. The summed E-state index contributed by atoms with van der Waals surface area (Å²) in [6, 6.07) is 12.2. The number of rotatable bonds is 5. The van der Waals surface area contributed by atoms with E-state index in [-0.39, 0.29) is 11.9 Å². The lowest BCUT2D eigenvalue weighted by atomic mass is 10.1. The fourth-order valence-corrected chi connectivity index (χ4v) is 2.26. The Morgan fingerprint density at radius 2 is 1.90 bits per heavy atom. The Balaban J connectivity index is 2.05. The first-order valence-electron chi connectivity index (χ1n) is 6.43. The van der Waals surface area contributed by atoms with Crippen LogP contribution in [0, 0.1) is 5.82 Å². The summed E-state index contributed by atoms with van der Waals surface area (Å²) in [5.41, 5.74) is 1.93. The number of anilines is 1. The van der Waals surface area contributed by atoms with E-state index in [1.54, 1.807) is 25.3 Å². The van der Waals surface area contributed by atoms with Crippen LogP contribution >= 0.6 is 11.6 Å². The zero-order valence-electron chi connectivity index (χ0n) is 11.5. The lowest BCUT2D eigenvalue weighted by molar-refractivity contribution is 0.416. The molecule has 106 valence electrons. The van der Waals surface area contributed by atoms with Crippen molar-refractivity contribution in [2.75, 3.05) is 12.4 Å². The Hall–Kier alpha value is -1.74. The van der Waals surface area contributed by atoms with Gasteiger partial charge in [0, 0.05) is 11.1 Å². The highest BCUT2D eigenvalue weighted by atomic mass is 35.5. The maximum absolute atomic E-state index is 12.9. The monoisotopic (exact) mass is 293 g/mol. The molecule has 0 aliphatic rings. The van der Waals surface area contributed by atoms with Crippen LogP contribution < -0.4 is 10.1 Å². The van der Waals surface area contributed by atoms with Crippen molar-refractivity contribution < 1.29 is 9.13 Å². The van der Waals surface area contributed by atoms with Gasteiger partial charge in [0.25, 0.3) is 0 Å². The molecule has 2 nitrogen and oxygen atoms in total. The number of ether oxygens (including phenoxy) is 1. The summed E-state index contributed by atoms with van der Waals surface area (Å²) in [6.45, 7) is 2.06. The van der Waals surface area contributed by atoms with Gasteiger partial charge in [-0.25, -0.2) is 4.39 Å². The third-order valence-corrected chi connectivity index (χ3v) is 3.25. The summed E-state index contributed by atoms with van der Waals surface area (Å²) >= 11 is 6.00. The molecule has 4 heteroatoms. The number of hydrogen-bond donors (Lipinski definition) is 1. The molecule has 2 aromatic carbocycles. The molecule has 2 aromatic rings. The van der Waals surface area contributed by atoms with Crippen molar-refractivity contribution in [2.24, 2.45) is 0 Å². The molecule has 0 aromatic heterocycles. The largest absolute Gasteiger partial charge is 0.495 e. The Morgan fingerprint density at radius 3 is 2.55 bits per heavy atom. The van der Waals surface area contributed by atoms with E-state index in [9.17, 15) is 4.39 Å². The molecular formula is C16H17ClFNO. The first-order chi connectivity index (χ1) is 9.58. The van der Waals surface area contributed by atoms with Crippen LogP contribution in [0.2, 0.25) is 5.02 Å².